The zero-order chi connectivity index (χ0) is 42.1. The molecule has 11 rings (SSSR count). The van der Waals surface area contributed by atoms with E-state index in [1.807, 2.05) is 48.5 Å². The Labute approximate surface area is 418 Å². The minimum Gasteiger partial charge on any atom is -0.366 e. The molecule has 314 valence electrons. The van der Waals surface area contributed by atoms with Crippen LogP contribution in [0.15, 0.2) is 231 Å². The summed E-state index contributed by atoms with van der Waals surface area (Å²) in [5.74, 6) is 5.01. The maximum absolute atomic E-state index is 7.29. The quantitative estimate of drug-likeness (QED) is 0.0674. The summed E-state index contributed by atoms with van der Waals surface area (Å²) in [5.41, 5.74) is 1.76. The van der Waals surface area contributed by atoms with E-state index in [9.17, 15) is 0 Å². The Kier molecular flexibility index (Phi) is 16.6. The third-order valence-electron chi connectivity index (χ3n) is 10.8. The van der Waals surface area contributed by atoms with Gasteiger partial charge in [-0.25, -0.2) is 0 Å². The second-order valence-corrected chi connectivity index (χ2v) is 21.6. The normalized spacial score (nSPS) is 10.5. The molecule has 2 heterocycles. The van der Waals surface area contributed by atoms with Gasteiger partial charge in [-0.05, 0) is 95.7 Å². The number of rotatable bonds is 6. The minimum atomic E-state index is -1.14. The maximum Gasteiger partial charge on any atom is 1.00 e. The molecule has 0 spiro atoms. The molecule has 11 aromatic rings. The predicted molar refractivity (Wildman–Crippen MR) is 278 cm³/mol. The Hall–Kier alpha value is -5.12. The van der Waals surface area contributed by atoms with Crippen LogP contribution >= 0.6 is 38.5 Å². The average Bonchev–Trinajstić information content (AvgIpc) is 3.93. The van der Waals surface area contributed by atoms with E-state index in [0.717, 1.165) is 21.9 Å². The first-order valence-corrected chi connectivity index (χ1v) is 25.1. The van der Waals surface area contributed by atoms with E-state index in [0.29, 0.717) is 0 Å². The van der Waals surface area contributed by atoms with E-state index in [2.05, 4.69) is 194 Å². The van der Waals surface area contributed by atoms with Gasteiger partial charge in [-0.1, -0.05) is 144 Å². The van der Waals surface area contributed by atoms with Gasteiger partial charge in [-0.2, -0.15) is 0 Å². The fraction of sp³-hybridized carbons (Fsp3) is 0. The van der Waals surface area contributed by atoms with Gasteiger partial charge in [-0.3, -0.25) is 11.8 Å². The van der Waals surface area contributed by atoms with Gasteiger partial charge in [0.25, 0.3) is 0 Å². The molecule has 0 unspecified atom stereocenters. The van der Waals surface area contributed by atoms with E-state index in [1.165, 1.54) is 61.4 Å². The zero-order valence-corrected chi connectivity index (χ0v) is 42.3. The van der Waals surface area contributed by atoms with Crippen molar-refractivity contribution in [1.29, 1.82) is 0 Å². The van der Waals surface area contributed by atoms with E-state index < -0.39 is 15.8 Å². The second kappa shape index (κ2) is 22.7. The first kappa shape index (κ1) is 46.9. The molecule has 0 radical (unpaired) electrons. The molecule has 2 aromatic heterocycles. The van der Waals surface area contributed by atoms with Crippen molar-refractivity contribution in [3.8, 4) is 11.8 Å². The molecule has 0 aliphatic carbocycles. The summed E-state index contributed by atoms with van der Waals surface area (Å²) < 4.78 is 5.01. The van der Waals surface area contributed by atoms with Crippen LogP contribution in [-0.2, 0) is 44.8 Å². The largest absolute Gasteiger partial charge is 1.00 e. The van der Waals surface area contributed by atoms with E-state index >= 15 is 0 Å². The summed E-state index contributed by atoms with van der Waals surface area (Å²) in [5, 5.41) is 13.5. The van der Waals surface area contributed by atoms with Crippen molar-refractivity contribution in [1.82, 2.24) is 0 Å². The van der Waals surface area contributed by atoms with Crippen molar-refractivity contribution in [2.24, 2.45) is 0 Å². The van der Waals surface area contributed by atoms with Gasteiger partial charge in [0, 0.05) is 18.8 Å². The van der Waals surface area contributed by atoms with Gasteiger partial charge in [0.2, 0.25) is 0 Å². The average molecular weight is 1260 g/mol. The molecule has 0 N–H and O–H groups in total. The number of hydrogen-bond donors (Lipinski definition) is 0. The summed E-state index contributed by atoms with van der Waals surface area (Å²) in [6, 6.07) is 82.1. The Morgan fingerprint density at radius 1 is 0.297 bits per heavy atom. The van der Waals surface area contributed by atoms with E-state index in [-0.39, 0.29) is 44.8 Å². The SMILES string of the molecule is [Au+].[Au+].[C-]#Cc1cccc2sc3ccccc3c12.[C-]#Cc1cccc2sc3ccccc3c12.c1ccc([PH+](c2ccccc2)c2ccccc2[PH+](c2ccccc2)c2ccccc2)cc1. The van der Waals surface area contributed by atoms with Gasteiger partial charge in [-0.15, -0.1) is 45.9 Å². The molecule has 0 aliphatic rings. The maximum atomic E-state index is 7.29. The third-order valence-corrected chi connectivity index (χ3v) is 18.9. The Morgan fingerprint density at radius 2 is 0.578 bits per heavy atom. The molecule has 0 fully saturated rings. The standard InChI is InChI=1S/C30H24P2.2C14H7S.2Au/c1-5-15-25(16-6-1)31(26-17-7-2-8-18-26)29-23-13-14-24-30(29)32(27-19-9-3-10-20-27)28-21-11-4-12-22-28;2*1-2-10-6-5-9-13-14(10)11-7-3-4-8-12(11)15-13;;/h1-24H;2*3-9H;;/q;2*-1;2*+1/p+2. The summed E-state index contributed by atoms with van der Waals surface area (Å²) in [6.45, 7) is 0. The van der Waals surface area contributed by atoms with Crippen molar-refractivity contribution in [2.45, 2.75) is 0 Å². The van der Waals surface area contributed by atoms with Crippen LogP contribution < -0.4 is 31.8 Å². The molecule has 0 nitrogen and oxygen atoms in total. The van der Waals surface area contributed by atoms with Crippen molar-refractivity contribution >= 4 is 111 Å². The molecular formula is C58H40Au2P2S2+2. The van der Waals surface area contributed by atoms with Crippen molar-refractivity contribution in [3.63, 3.8) is 0 Å². The van der Waals surface area contributed by atoms with E-state index in [1.54, 1.807) is 22.7 Å². The van der Waals surface area contributed by atoms with Crippen molar-refractivity contribution < 1.29 is 44.8 Å². The molecule has 6 heteroatoms. The summed E-state index contributed by atoms with van der Waals surface area (Å²) in [4.78, 5) is 0. The zero-order valence-electron chi connectivity index (χ0n) is 34.4. The van der Waals surface area contributed by atoms with Gasteiger partial charge >= 0.3 is 44.8 Å². The molecule has 0 atom stereocenters. The third kappa shape index (κ3) is 10.2. The van der Waals surface area contributed by atoms with Crippen LogP contribution in [0.2, 0.25) is 0 Å². The summed E-state index contributed by atoms with van der Waals surface area (Å²) in [7, 11) is -2.28. The molecule has 9 aromatic carbocycles. The van der Waals surface area contributed by atoms with E-state index in [4.69, 9.17) is 12.8 Å². The molecule has 0 saturated carbocycles. The predicted octanol–water partition coefficient (Wildman–Crippen LogP) is 12.6. The fourth-order valence-corrected chi connectivity index (χ4v) is 16.3. The van der Waals surface area contributed by atoms with Crippen LogP contribution in [0.1, 0.15) is 11.1 Å². The molecule has 0 saturated heterocycles. The monoisotopic (exact) mass is 1260 g/mol. The first-order chi connectivity index (χ1) is 30.7. The van der Waals surface area contributed by atoms with Crippen molar-refractivity contribution in [3.05, 3.63) is 254 Å². The van der Waals surface area contributed by atoms with Crippen LogP contribution in [0.4, 0.5) is 0 Å². The Bertz CT molecular complexity index is 3030. The number of thiophene rings is 2. The Balaban J connectivity index is 0.000000159. The van der Waals surface area contributed by atoms with Crippen LogP contribution in [-0.4, -0.2) is 0 Å². The van der Waals surface area contributed by atoms with Crippen LogP contribution in [0.5, 0.6) is 0 Å². The fourth-order valence-electron chi connectivity index (χ4n) is 8.05. The van der Waals surface area contributed by atoms with Gasteiger partial charge < -0.3 is 12.8 Å². The molecule has 0 bridgehead atoms. The van der Waals surface area contributed by atoms with Gasteiger partial charge in [0.15, 0.2) is 0 Å². The van der Waals surface area contributed by atoms with Crippen LogP contribution in [0.3, 0.4) is 0 Å². The second-order valence-electron chi connectivity index (χ2n) is 14.6. The molecule has 64 heavy (non-hydrogen) atoms. The first-order valence-electron chi connectivity index (χ1n) is 20.4. The van der Waals surface area contributed by atoms with Crippen molar-refractivity contribution in [2.75, 3.05) is 0 Å². The number of hydrogen-bond acceptors (Lipinski definition) is 2. The summed E-state index contributed by atoms with van der Waals surface area (Å²) in [6.07, 6.45) is 14.6. The molecule has 0 aliphatic heterocycles. The Morgan fingerprint density at radius 3 is 0.906 bits per heavy atom. The molecular weight excluding hydrogens is 1220 g/mol. The van der Waals surface area contributed by atoms with Crippen LogP contribution in [0, 0.1) is 24.7 Å². The topological polar surface area (TPSA) is 0 Å². The van der Waals surface area contributed by atoms with Gasteiger partial charge in [0.1, 0.15) is 47.7 Å². The minimum absolute atomic E-state index is 0. The van der Waals surface area contributed by atoms with Crippen LogP contribution in [0.25, 0.3) is 40.3 Å². The smallest absolute Gasteiger partial charge is 0.366 e. The van der Waals surface area contributed by atoms with Gasteiger partial charge in [0.05, 0.1) is 0 Å². The number of benzene rings is 9. The molecule has 0 amide bonds. The summed E-state index contributed by atoms with van der Waals surface area (Å²) >= 11 is 3.54. The number of fused-ring (bicyclic) bond motifs is 6.